The molecule has 32 heavy (non-hydrogen) atoms. The number of aromatic nitrogens is 2. The zero-order chi connectivity index (χ0) is 21.8. The lowest BCUT2D eigenvalue weighted by molar-refractivity contribution is 1.32. The van der Waals surface area contributed by atoms with Crippen molar-refractivity contribution >= 4 is 73.0 Å². The molecule has 0 aliphatic heterocycles. The first kappa shape index (κ1) is 18.2. The molecule has 2 nitrogen and oxygen atoms in total. The summed E-state index contributed by atoms with van der Waals surface area (Å²) in [6.45, 7) is 9.52. The van der Waals surface area contributed by atoms with E-state index in [1.807, 2.05) is 0 Å². The summed E-state index contributed by atoms with van der Waals surface area (Å²) in [4.78, 5) is 5.17. The maximum atomic E-state index is 5.17. The average Bonchev–Trinajstić information content (AvgIpc) is 3.13. The fourth-order valence-electron chi connectivity index (χ4n) is 5.81. The molecule has 0 amide bonds. The first-order valence-electron chi connectivity index (χ1n) is 11.3. The third kappa shape index (κ3) is 2.12. The van der Waals surface area contributed by atoms with E-state index in [9.17, 15) is 0 Å². The Kier molecular flexibility index (Phi) is 3.33. The van der Waals surface area contributed by atoms with Crippen molar-refractivity contribution in [2.75, 3.05) is 0 Å². The van der Waals surface area contributed by atoms with E-state index >= 15 is 0 Å². The maximum absolute atomic E-state index is 5.17. The van der Waals surface area contributed by atoms with Crippen molar-refractivity contribution in [2.24, 2.45) is 0 Å². The normalized spacial score (nSPS) is 13.0. The van der Waals surface area contributed by atoms with Crippen molar-refractivity contribution in [1.29, 1.82) is 0 Å². The fraction of sp³-hybridized carbons (Fsp3) is 0.138. The van der Waals surface area contributed by atoms with Gasteiger partial charge >= 0.3 is 0 Å². The Hall–Kier alpha value is -3.43. The third-order valence-electron chi connectivity index (χ3n) is 7.25. The van der Waals surface area contributed by atoms with Crippen LogP contribution in [0.2, 0.25) is 19.6 Å². The average molecular weight is 429 g/mol. The summed E-state index contributed by atoms with van der Waals surface area (Å²) >= 11 is 0. The van der Waals surface area contributed by atoms with Gasteiger partial charge in [0.15, 0.2) is 0 Å². The summed E-state index contributed by atoms with van der Waals surface area (Å²) in [5.74, 6) is 0. The fourth-order valence-corrected chi connectivity index (χ4v) is 7.27. The summed E-state index contributed by atoms with van der Waals surface area (Å²) in [6.07, 6.45) is 2.17. The molecule has 154 valence electrons. The highest BCUT2D eigenvalue weighted by Gasteiger charge is 2.25. The van der Waals surface area contributed by atoms with Gasteiger partial charge in [-0.1, -0.05) is 74.2 Å². The Morgan fingerprint density at radius 2 is 1.44 bits per heavy atom. The van der Waals surface area contributed by atoms with E-state index in [1.165, 1.54) is 65.0 Å². The van der Waals surface area contributed by atoms with Crippen LogP contribution in [0.25, 0.3) is 59.8 Å². The van der Waals surface area contributed by atoms with Crippen LogP contribution in [0, 0.1) is 6.92 Å². The number of rotatable bonds is 1. The van der Waals surface area contributed by atoms with Gasteiger partial charge in [0.25, 0.3) is 0 Å². The smallest absolute Gasteiger partial charge is 0.0822 e. The second-order valence-corrected chi connectivity index (χ2v) is 15.2. The van der Waals surface area contributed by atoms with Gasteiger partial charge in [0.2, 0.25) is 0 Å². The van der Waals surface area contributed by atoms with Gasteiger partial charge in [0.1, 0.15) is 0 Å². The largest absolute Gasteiger partial charge is 0.308 e. The summed E-state index contributed by atoms with van der Waals surface area (Å²) < 4.78 is 2.52. The van der Waals surface area contributed by atoms with Crippen molar-refractivity contribution in [3.8, 4) is 0 Å². The molecule has 0 atom stereocenters. The molecule has 3 heterocycles. The minimum absolute atomic E-state index is 1.13. The van der Waals surface area contributed by atoms with E-state index in [0.29, 0.717) is 0 Å². The van der Waals surface area contributed by atoms with Crippen molar-refractivity contribution < 1.29 is 0 Å². The van der Waals surface area contributed by atoms with Crippen LogP contribution in [-0.4, -0.2) is 17.5 Å². The van der Waals surface area contributed by atoms with Gasteiger partial charge in [-0.3, -0.25) is 4.98 Å². The number of aryl methyl sites for hydroxylation is 1. The molecule has 7 aromatic rings. The van der Waals surface area contributed by atoms with Gasteiger partial charge in [0, 0.05) is 27.7 Å². The number of benzene rings is 4. The molecule has 0 unspecified atom stereocenters. The van der Waals surface area contributed by atoms with Crippen molar-refractivity contribution in [1.82, 2.24) is 9.38 Å². The highest BCUT2D eigenvalue weighted by Crippen LogP contribution is 2.42. The lowest BCUT2D eigenvalue weighted by atomic mass is 9.97. The summed E-state index contributed by atoms with van der Waals surface area (Å²) in [5.41, 5.74) is 6.32. The molecule has 3 aromatic heterocycles. The number of fused-ring (bicyclic) bond motifs is 7. The molecule has 3 heteroatoms. The van der Waals surface area contributed by atoms with Gasteiger partial charge in [-0.05, 0) is 46.0 Å². The van der Waals surface area contributed by atoms with Crippen LogP contribution in [0.1, 0.15) is 5.56 Å². The van der Waals surface area contributed by atoms with Crippen LogP contribution in [0.15, 0.2) is 72.9 Å². The molecule has 0 bridgehead atoms. The first-order chi connectivity index (χ1) is 15.4. The molecule has 0 spiro atoms. The topological polar surface area (TPSA) is 17.3 Å². The number of para-hydroxylation sites is 1. The van der Waals surface area contributed by atoms with Crippen LogP contribution in [-0.2, 0) is 0 Å². The van der Waals surface area contributed by atoms with Crippen molar-refractivity contribution in [2.45, 2.75) is 26.6 Å². The minimum atomic E-state index is -1.56. The molecule has 4 aromatic carbocycles. The molecular formula is C29H24N2Si. The zero-order valence-electron chi connectivity index (χ0n) is 18.8. The molecule has 0 radical (unpaired) electrons. The predicted octanol–water partition coefficient (Wildman–Crippen LogP) is 7.39. The molecule has 0 aliphatic carbocycles. The van der Waals surface area contributed by atoms with E-state index in [2.05, 4.69) is 104 Å². The van der Waals surface area contributed by atoms with Crippen molar-refractivity contribution in [3.63, 3.8) is 0 Å². The molecule has 7 rings (SSSR count). The van der Waals surface area contributed by atoms with Crippen LogP contribution >= 0.6 is 0 Å². The van der Waals surface area contributed by atoms with Gasteiger partial charge < -0.3 is 4.40 Å². The maximum Gasteiger partial charge on any atom is 0.0822 e. The van der Waals surface area contributed by atoms with E-state index in [4.69, 9.17) is 4.98 Å². The molecule has 0 aliphatic rings. The van der Waals surface area contributed by atoms with E-state index in [-0.39, 0.29) is 0 Å². The van der Waals surface area contributed by atoms with Crippen LogP contribution in [0.4, 0.5) is 0 Å². The SMILES string of the molecule is Cc1c2ccccc2cc2c3ncc([Si](C)(C)C)c4ccc5c6ccccc6n(c12)c5c43. The quantitative estimate of drug-likeness (QED) is 0.151. The van der Waals surface area contributed by atoms with E-state index in [1.54, 1.807) is 0 Å². The Bertz CT molecular complexity index is 1870. The Labute approximate surface area is 187 Å². The van der Waals surface area contributed by atoms with Crippen LogP contribution < -0.4 is 5.19 Å². The molecule has 0 fully saturated rings. The standard InChI is InChI=1S/C29H24N2Si/c1-17-19-10-6-5-9-18(19)15-23-27-26-22(25(16-30-27)32(2,3)4)14-13-21-20-11-7-8-12-24(20)31(28(17)23)29(21)26/h5-16H,1-4H3. The van der Waals surface area contributed by atoms with Crippen LogP contribution in [0.3, 0.4) is 0 Å². The number of nitrogens with zero attached hydrogens (tertiary/aromatic N) is 2. The Balaban J connectivity index is 1.91. The lowest BCUT2D eigenvalue weighted by Gasteiger charge is -2.22. The minimum Gasteiger partial charge on any atom is -0.308 e. The predicted molar refractivity (Wildman–Crippen MR) is 142 cm³/mol. The number of hydrogen-bond donors (Lipinski definition) is 0. The second kappa shape index (κ2) is 5.87. The van der Waals surface area contributed by atoms with Crippen molar-refractivity contribution in [3.05, 3.63) is 78.5 Å². The lowest BCUT2D eigenvalue weighted by Crippen LogP contribution is -2.38. The van der Waals surface area contributed by atoms with Gasteiger partial charge in [-0.2, -0.15) is 0 Å². The third-order valence-corrected chi connectivity index (χ3v) is 9.26. The van der Waals surface area contributed by atoms with Gasteiger partial charge in [-0.25, -0.2) is 0 Å². The van der Waals surface area contributed by atoms with E-state index in [0.717, 1.165) is 5.52 Å². The summed E-state index contributed by atoms with van der Waals surface area (Å²) in [7, 11) is -1.56. The molecule has 0 saturated heterocycles. The highest BCUT2D eigenvalue weighted by molar-refractivity contribution is 6.90. The van der Waals surface area contributed by atoms with Crippen LogP contribution in [0.5, 0.6) is 0 Å². The monoisotopic (exact) mass is 428 g/mol. The summed E-state index contributed by atoms with van der Waals surface area (Å²) in [5, 5.41) is 10.6. The summed E-state index contributed by atoms with van der Waals surface area (Å²) in [6, 6.07) is 24.6. The molecule has 0 saturated carbocycles. The van der Waals surface area contributed by atoms with Gasteiger partial charge in [-0.15, -0.1) is 0 Å². The zero-order valence-corrected chi connectivity index (χ0v) is 19.8. The number of pyridine rings is 2. The van der Waals surface area contributed by atoms with Gasteiger partial charge in [0.05, 0.1) is 30.1 Å². The molecular weight excluding hydrogens is 404 g/mol. The molecule has 0 N–H and O–H groups in total. The Morgan fingerprint density at radius 3 is 2.25 bits per heavy atom. The number of hydrogen-bond acceptors (Lipinski definition) is 1. The Morgan fingerprint density at radius 1 is 0.719 bits per heavy atom. The van der Waals surface area contributed by atoms with E-state index < -0.39 is 8.07 Å². The highest BCUT2D eigenvalue weighted by atomic mass is 28.3. The second-order valence-electron chi connectivity index (χ2n) is 10.1. The first-order valence-corrected chi connectivity index (χ1v) is 14.8.